The van der Waals surface area contributed by atoms with Gasteiger partial charge >= 0.3 is 0 Å². The summed E-state index contributed by atoms with van der Waals surface area (Å²) in [6.07, 6.45) is 4.68. The number of hydrogen-bond acceptors (Lipinski definition) is 4. The van der Waals surface area contributed by atoms with Crippen molar-refractivity contribution in [3.05, 3.63) is 0 Å². The van der Waals surface area contributed by atoms with Gasteiger partial charge in [0.05, 0.1) is 13.2 Å². The third kappa shape index (κ3) is 4.75. The fourth-order valence-corrected chi connectivity index (χ4v) is 2.80. The lowest BCUT2D eigenvalue weighted by Gasteiger charge is -2.35. The zero-order valence-electron chi connectivity index (χ0n) is 12.2. The summed E-state index contributed by atoms with van der Waals surface area (Å²) in [4.78, 5) is 15.6. The molecule has 0 aromatic carbocycles. The Morgan fingerprint density at radius 1 is 1.26 bits per heavy atom. The van der Waals surface area contributed by atoms with Crippen molar-refractivity contribution in [2.75, 3.05) is 46.9 Å². The Balaban J connectivity index is 1.65. The minimum atomic E-state index is 0.201. The maximum atomic E-state index is 11.7. The second-order valence-electron chi connectivity index (χ2n) is 5.92. The smallest absolute Gasteiger partial charge is 0.236 e. The van der Waals surface area contributed by atoms with Gasteiger partial charge in [-0.3, -0.25) is 9.69 Å². The number of nitrogens with one attached hydrogen (secondary N) is 1. The van der Waals surface area contributed by atoms with Crippen molar-refractivity contribution in [1.29, 1.82) is 0 Å². The van der Waals surface area contributed by atoms with Crippen LogP contribution in [0.2, 0.25) is 0 Å². The maximum absolute atomic E-state index is 11.7. The molecule has 0 aliphatic carbocycles. The van der Waals surface area contributed by atoms with Gasteiger partial charge < -0.3 is 15.0 Å². The van der Waals surface area contributed by atoms with Crippen LogP contribution in [0.5, 0.6) is 0 Å². The first-order valence-corrected chi connectivity index (χ1v) is 7.41. The van der Waals surface area contributed by atoms with Gasteiger partial charge in [0.2, 0.25) is 5.91 Å². The highest BCUT2D eigenvalue weighted by Crippen LogP contribution is 2.14. The molecular weight excluding hydrogens is 242 g/mol. The van der Waals surface area contributed by atoms with Gasteiger partial charge in [-0.15, -0.1) is 0 Å². The summed E-state index contributed by atoms with van der Waals surface area (Å²) in [5.41, 5.74) is 0. The molecule has 2 aliphatic heterocycles. The lowest BCUT2D eigenvalue weighted by molar-refractivity contribution is -0.130. The Hall–Kier alpha value is -0.650. The number of likely N-dealkylation sites (tertiary alicyclic amines) is 1. The van der Waals surface area contributed by atoms with E-state index in [4.69, 9.17) is 4.74 Å². The van der Waals surface area contributed by atoms with Crippen LogP contribution in [0.3, 0.4) is 0 Å². The summed E-state index contributed by atoms with van der Waals surface area (Å²) in [7, 11) is 3.64. The molecule has 2 heterocycles. The number of likely N-dealkylation sites (N-methyl/N-ethyl adjacent to an activating group) is 1. The minimum absolute atomic E-state index is 0.201. The Labute approximate surface area is 116 Å². The normalized spacial score (nSPS) is 26.3. The van der Waals surface area contributed by atoms with Crippen molar-refractivity contribution in [3.8, 4) is 0 Å². The summed E-state index contributed by atoms with van der Waals surface area (Å²) in [5, 5.41) is 3.71. The summed E-state index contributed by atoms with van der Waals surface area (Å²) < 4.78 is 5.50. The molecular formula is C14H27N3O2. The molecule has 0 spiro atoms. The Bertz CT molecular complexity index is 282. The van der Waals surface area contributed by atoms with E-state index >= 15 is 0 Å². The molecule has 5 nitrogen and oxygen atoms in total. The molecule has 1 N–H and O–H groups in total. The summed E-state index contributed by atoms with van der Waals surface area (Å²) in [5.74, 6) is 0.201. The molecule has 1 unspecified atom stereocenters. The molecule has 0 aromatic rings. The fourth-order valence-electron chi connectivity index (χ4n) is 2.80. The first kappa shape index (κ1) is 14.8. The Morgan fingerprint density at radius 3 is 2.58 bits per heavy atom. The first-order valence-electron chi connectivity index (χ1n) is 7.41. The second kappa shape index (κ2) is 7.22. The lowest BCUT2D eigenvalue weighted by Crippen LogP contribution is -2.50. The number of rotatable bonds is 4. The van der Waals surface area contributed by atoms with Crippen LogP contribution in [0.15, 0.2) is 0 Å². The van der Waals surface area contributed by atoms with Crippen molar-refractivity contribution in [3.63, 3.8) is 0 Å². The number of amides is 1. The average Bonchev–Trinajstić information content (AvgIpc) is 2.42. The van der Waals surface area contributed by atoms with Crippen molar-refractivity contribution >= 4 is 5.91 Å². The fraction of sp³-hybridized carbons (Fsp3) is 0.929. The zero-order valence-corrected chi connectivity index (χ0v) is 12.2. The monoisotopic (exact) mass is 269 g/mol. The van der Waals surface area contributed by atoms with Crippen LogP contribution in [-0.4, -0.2) is 74.7 Å². The predicted molar refractivity (Wildman–Crippen MR) is 75.1 cm³/mol. The standard InChI is InChI=1S/C14H27N3O2/c1-16(2)14(18)10-17-7-5-12(6-8-17)15-13-4-3-9-19-11-13/h12-13,15H,3-11H2,1-2H3. The third-order valence-corrected chi connectivity index (χ3v) is 4.08. The van der Waals surface area contributed by atoms with Gasteiger partial charge in [-0.2, -0.15) is 0 Å². The van der Waals surface area contributed by atoms with Crippen LogP contribution in [0, 0.1) is 0 Å². The van der Waals surface area contributed by atoms with Crippen molar-refractivity contribution in [2.24, 2.45) is 0 Å². The van der Waals surface area contributed by atoms with Crippen LogP contribution in [0.4, 0.5) is 0 Å². The molecule has 5 heteroatoms. The topological polar surface area (TPSA) is 44.8 Å². The van der Waals surface area contributed by atoms with Crippen LogP contribution >= 0.6 is 0 Å². The van der Waals surface area contributed by atoms with Crippen LogP contribution < -0.4 is 5.32 Å². The predicted octanol–water partition coefficient (Wildman–Crippen LogP) is 0.308. The quantitative estimate of drug-likeness (QED) is 0.798. The minimum Gasteiger partial charge on any atom is -0.380 e. The summed E-state index contributed by atoms with van der Waals surface area (Å²) in [6.45, 7) is 4.38. The van der Waals surface area contributed by atoms with Gasteiger partial charge in [-0.05, 0) is 25.7 Å². The molecule has 110 valence electrons. The lowest BCUT2D eigenvalue weighted by atomic mass is 10.0. The van der Waals surface area contributed by atoms with E-state index in [2.05, 4.69) is 10.2 Å². The largest absolute Gasteiger partial charge is 0.380 e. The second-order valence-corrected chi connectivity index (χ2v) is 5.92. The number of piperidine rings is 1. The molecule has 2 rings (SSSR count). The maximum Gasteiger partial charge on any atom is 0.236 e. The zero-order chi connectivity index (χ0) is 13.7. The van der Waals surface area contributed by atoms with E-state index in [1.165, 1.54) is 12.8 Å². The SMILES string of the molecule is CN(C)C(=O)CN1CCC(NC2CCCOC2)CC1. The van der Waals surface area contributed by atoms with Crippen molar-refractivity contribution in [1.82, 2.24) is 15.1 Å². The molecule has 2 fully saturated rings. The van der Waals surface area contributed by atoms with Gasteiger partial charge in [-0.1, -0.05) is 0 Å². The first-order chi connectivity index (χ1) is 9.15. The molecule has 0 bridgehead atoms. The molecule has 0 radical (unpaired) electrons. The Morgan fingerprint density at radius 2 is 2.00 bits per heavy atom. The van der Waals surface area contributed by atoms with E-state index in [0.29, 0.717) is 18.6 Å². The summed E-state index contributed by atoms with van der Waals surface area (Å²) >= 11 is 0. The van der Waals surface area contributed by atoms with E-state index < -0.39 is 0 Å². The average molecular weight is 269 g/mol. The van der Waals surface area contributed by atoms with E-state index in [-0.39, 0.29) is 5.91 Å². The van der Waals surface area contributed by atoms with Crippen LogP contribution in [-0.2, 0) is 9.53 Å². The molecule has 2 saturated heterocycles. The highest BCUT2D eigenvalue weighted by Gasteiger charge is 2.24. The van der Waals surface area contributed by atoms with Gasteiger partial charge in [0, 0.05) is 45.9 Å². The highest BCUT2D eigenvalue weighted by molar-refractivity contribution is 5.77. The molecule has 1 atom stereocenters. The third-order valence-electron chi connectivity index (χ3n) is 4.08. The number of hydrogen-bond donors (Lipinski definition) is 1. The van der Waals surface area contributed by atoms with Gasteiger partial charge in [0.1, 0.15) is 0 Å². The van der Waals surface area contributed by atoms with Crippen LogP contribution in [0.1, 0.15) is 25.7 Å². The van der Waals surface area contributed by atoms with Crippen molar-refractivity contribution in [2.45, 2.75) is 37.8 Å². The van der Waals surface area contributed by atoms with Gasteiger partial charge in [0.25, 0.3) is 0 Å². The van der Waals surface area contributed by atoms with E-state index in [0.717, 1.165) is 39.1 Å². The number of carbonyl (C=O) groups excluding carboxylic acids is 1. The molecule has 1 amide bonds. The van der Waals surface area contributed by atoms with Crippen LogP contribution in [0.25, 0.3) is 0 Å². The van der Waals surface area contributed by atoms with E-state index in [1.807, 2.05) is 14.1 Å². The number of carbonyl (C=O) groups is 1. The molecule has 2 aliphatic rings. The highest BCUT2D eigenvalue weighted by atomic mass is 16.5. The number of nitrogens with zero attached hydrogens (tertiary/aromatic N) is 2. The van der Waals surface area contributed by atoms with Gasteiger partial charge in [-0.25, -0.2) is 0 Å². The molecule has 0 aromatic heterocycles. The number of ether oxygens (including phenoxy) is 1. The van der Waals surface area contributed by atoms with E-state index in [9.17, 15) is 4.79 Å². The van der Waals surface area contributed by atoms with Gasteiger partial charge in [0.15, 0.2) is 0 Å². The molecule has 0 saturated carbocycles. The Kier molecular flexibility index (Phi) is 5.60. The van der Waals surface area contributed by atoms with Crippen molar-refractivity contribution < 1.29 is 9.53 Å². The summed E-state index contributed by atoms with van der Waals surface area (Å²) in [6, 6.07) is 1.13. The van der Waals surface area contributed by atoms with E-state index in [1.54, 1.807) is 4.90 Å². The molecule has 19 heavy (non-hydrogen) atoms.